The van der Waals surface area contributed by atoms with Crippen molar-refractivity contribution in [2.75, 3.05) is 6.54 Å². The third-order valence-corrected chi connectivity index (χ3v) is 4.65. The second-order valence-electron chi connectivity index (χ2n) is 4.75. The highest BCUT2D eigenvalue weighted by Crippen LogP contribution is 2.31. The van der Waals surface area contributed by atoms with Gasteiger partial charge >= 0.3 is 5.69 Å². The number of piperidine rings is 1. The monoisotopic (exact) mass is 298 g/mol. The molecule has 2 N–H and O–H groups in total. The number of rotatable bonds is 3. The predicted octanol–water partition coefficient (Wildman–Crippen LogP) is 2.54. The largest absolute Gasteiger partial charge is 0.340 e. The number of halogens is 1. The summed E-state index contributed by atoms with van der Waals surface area (Å²) in [6.45, 7) is 1.88. The van der Waals surface area contributed by atoms with Crippen molar-refractivity contribution in [3.63, 3.8) is 0 Å². The van der Waals surface area contributed by atoms with E-state index in [1.165, 1.54) is 17.7 Å². The molecule has 0 spiro atoms. The SMILES string of the molecule is O=c1[nH]nc(C2CCCCN2Cc2ccc(Cl)s2)[nH]1. The summed E-state index contributed by atoms with van der Waals surface area (Å²) in [4.78, 5) is 17.6. The Morgan fingerprint density at radius 3 is 3.05 bits per heavy atom. The molecule has 2 aromatic rings. The number of likely N-dealkylation sites (tertiary alicyclic amines) is 1. The number of nitrogens with zero attached hydrogens (tertiary/aromatic N) is 2. The number of thiophene rings is 1. The van der Waals surface area contributed by atoms with Crippen molar-refractivity contribution in [3.8, 4) is 0 Å². The Kier molecular flexibility index (Phi) is 3.72. The lowest BCUT2D eigenvalue weighted by atomic mass is 10.0. The summed E-state index contributed by atoms with van der Waals surface area (Å²) in [5.41, 5.74) is -0.236. The highest BCUT2D eigenvalue weighted by atomic mass is 35.5. The third-order valence-electron chi connectivity index (χ3n) is 3.44. The molecule has 1 unspecified atom stereocenters. The number of H-pyrrole nitrogens is 2. The first-order chi connectivity index (χ1) is 9.22. The summed E-state index contributed by atoms with van der Waals surface area (Å²) in [6.07, 6.45) is 3.38. The molecule has 3 heterocycles. The van der Waals surface area contributed by atoms with Crippen molar-refractivity contribution in [3.05, 3.63) is 37.7 Å². The molecular weight excluding hydrogens is 284 g/mol. The van der Waals surface area contributed by atoms with Gasteiger partial charge in [-0.1, -0.05) is 18.0 Å². The van der Waals surface area contributed by atoms with Gasteiger partial charge < -0.3 is 0 Å². The van der Waals surface area contributed by atoms with E-state index < -0.39 is 0 Å². The van der Waals surface area contributed by atoms with Gasteiger partial charge in [0.25, 0.3) is 0 Å². The summed E-state index contributed by atoms with van der Waals surface area (Å²) >= 11 is 7.58. The first-order valence-electron chi connectivity index (χ1n) is 6.35. The van der Waals surface area contributed by atoms with Crippen molar-refractivity contribution >= 4 is 22.9 Å². The van der Waals surface area contributed by atoms with Crippen LogP contribution in [0.1, 0.15) is 36.0 Å². The zero-order valence-corrected chi connectivity index (χ0v) is 11.9. The van der Waals surface area contributed by atoms with E-state index in [9.17, 15) is 4.79 Å². The second kappa shape index (κ2) is 5.48. The lowest BCUT2D eigenvalue weighted by Gasteiger charge is -2.33. The second-order valence-corrected chi connectivity index (χ2v) is 6.55. The van der Waals surface area contributed by atoms with Crippen LogP contribution in [0.3, 0.4) is 0 Å². The molecule has 0 radical (unpaired) electrons. The minimum atomic E-state index is -0.236. The van der Waals surface area contributed by atoms with Crippen LogP contribution in [0.4, 0.5) is 0 Å². The van der Waals surface area contributed by atoms with Crippen LogP contribution in [0.2, 0.25) is 4.34 Å². The van der Waals surface area contributed by atoms with E-state index in [1.54, 1.807) is 11.3 Å². The molecule has 1 saturated heterocycles. The molecule has 0 aliphatic carbocycles. The average molecular weight is 299 g/mol. The van der Waals surface area contributed by atoms with Gasteiger partial charge in [-0.25, -0.2) is 9.89 Å². The van der Waals surface area contributed by atoms with Crippen LogP contribution in [0.15, 0.2) is 16.9 Å². The number of aromatic amines is 2. The van der Waals surface area contributed by atoms with Crippen molar-refractivity contribution in [1.82, 2.24) is 20.1 Å². The van der Waals surface area contributed by atoms with Crippen LogP contribution in [-0.4, -0.2) is 26.6 Å². The Hall–Kier alpha value is -1.11. The van der Waals surface area contributed by atoms with Gasteiger partial charge in [0.2, 0.25) is 0 Å². The van der Waals surface area contributed by atoms with E-state index in [2.05, 4.69) is 26.1 Å². The van der Waals surface area contributed by atoms with Crippen LogP contribution >= 0.6 is 22.9 Å². The van der Waals surface area contributed by atoms with E-state index in [0.29, 0.717) is 0 Å². The Balaban J connectivity index is 1.79. The molecule has 7 heteroatoms. The van der Waals surface area contributed by atoms with Gasteiger partial charge in [-0.3, -0.25) is 9.88 Å². The van der Waals surface area contributed by atoms with Crippen molar-refractivity contribution < 1.29 is 0 Å². The van der Waals surface area contributed by atoms with Crippen molar-refractivity contribution in [1.29, 1.82) is 0 Å². The van der Waals surface area contributed by atoms with Gasteiger partial charge in [0.05, 0.1) is 10.4 Å². The molecule has 0 amide bonds. The molecule has 1 aliphatic heterocycles. The maximum absolute atomic E-state index is 11.2. The molecular formula is C12H15ClN4OS. The Morgan fingerprint density at radius 2 is 2.37 bits per heavy atom. The fourth-order valence-electron chi connectivity index (χ4n) is 2.57. The number of nitrogens with one attached hydrogen (secondary N) is 2. The normalized spacial score (nSPS) is 20.8. The molecule has 19 heavy (non-hydrogen) atoms. The summed E-state index contributed by atoms with van der Waals surface area (Å²) in [5.74, 6) is 0.743. The van der Waals surface area contributed by atoms with E-state index in [-0.39, 0.29) is 11.7 Å². The van der Waals surface area contributed by atoms with Gasteiger partial charge in [0.15, 0.2) is 0 Å². The number of aromatic nitrogens is 3. The van der Waals surface area contributed by atoms with Crippen LogP contribution in [0.5, 0.6) is 0 Å². The average Bonchev–Trinajstić information content (AvgIpc) is 2.99. The number of hydrogen-bond donors (Lipinski definition) is 2. The Bertz CT molecular complexity index is 605. The van der Waals surface area contributed by atoms with Gasteiger partial charge in [-0.15, -0.1) is 11.3 Å². The first-order valence-corrected chi connectivity index (χ1v) is 7.54. The van der Waals surface area contributed by atoms with Gasteiger partial charge in [-0.05, 0) is 31.5 Å². The van der Waals surface area contributed by atoms with Crippen LogP contribution in [-0.2, 0) is 6.54 Å². The van der Waals surface area contributed by atoms with Gasteiger partial charge in [0.1, 0.15) is 5.82 Å². The molecule has 2 aromatic heterocycles. The number of hydrogen-bond acceptors (Lipinski definition) is 4. The van der Waals surface area contributed by atoms with E-state index >= 15 is 0 Å². The minimum absolute atomic E-state index is 0.188. The molecule has 1 atom stereocenters. The molecule has 102 valence electrons. The first kappa shape index (κ1) is 12.9. The summed E-state index contributed by atoms with van der Waals surface area (Å²) < 4.78 is 0.816. The maximum Gasteiger partial charge on any atom is 0.340 e. The van der Waals surface area contributed by atoms with E-state index in [4.69, 9.17) is 11.6 Å². The van der Waals surface area contributed by atoms with Gasteiger partial charge in [0, 0.05) is 11.4 Å². The Labute approximate surface area is 119 Å². The van der Waals surface area contributed by atoms with Crippen molar-refractivity contribution in [2.45, 2.75) is 31.8 Å². The zero-order chi connectivity index (χ0) is 13.2. The third kappa shape index (κ3) is 2.91. The molecule has 1 fully saturated rings. The van der Waals surface area contributed by atoms with E-state index in [0.717, 1.165) is 29.7 Å². The van der Waals surface area contributed by atoms with Gasteiger partial charge in [-0.2, -0.15) is 5.10 Å². The smallest absolute Gasteiger partial charge is 0.292 e. The lowest BCUT2D eigenvalue weighted by Crippen LogP contribution is -2.33. The highest BCUT2D eigenvalue weighted by molar-refractivity contribution is 7.16. The molecule has 0 bridgehead atoms. The maximum atomic E-state index is 11.2. The molecule has 5 nitrogen and oxygen atoms in total. The fourth-order valence-corrected chi connectivity index (χ4v) is 3.68. The van der Waals surface area contributed by atoms with Crippen molar-refractivity contribution in [2.24, 2.45) is 0 Å². The van der Waals surface area contributed by atoms with E-state index in [1.807, 2.05) is 6.07 Å². The summed E-state index contributed by atoms with van der Waals surface area (Å²) in [6, 6.07) is 4.18. The van der Waals surface area contributed by atoms with Crippen LogP contribution in [0, 0.1) is 0 Å². The lowest BCUT2D eigenvalue weighted by molar-refractivity contribution is 0.135. The van der Waals surface area contributed by atoms with Crippen LogP contribution < -0.4 is 5.69 Å². The standard InChI is InChI=1S/C12H15ClN4OS/c13-10-5-4-8(19-10)7-17-6-2-1-3-9(17)11-14-12(18)16-15-11/h4-5,9H,1-3,6-7H2,(H2,14,15,16,18). The predicted molar refractivity (Wildman–Crippen MR) is 75.5 cm³/mol. The fraction of sp³-hybridized carbons (Fsp3) is 0.500. The molecule has 0 saturated carbocycles. The summed E-state index contributed by atoms with van der Waals surface area (Å²) in [7, 11) is 0. The molecule has 3 rings (SSSR count). The molecule has 0 aromatic carbocycles. The topological polar surface area (TPSA) is 64.8 Å². The summed E-state index contributed by atoms with van der Waals surface area (Å²) in [5, 5.41) is 6.53. The quantitative estimate of drug-likeness (QED) is 0.915. The Morgan fingerprint density at radius 1 is 1.47 bits per heavy atom. The highest BCUT2D eigenvalue weighted by Gasteiger charge is 2.26. The molecule has 1 aliphatic rings. The minimum Gasteiger partial charge on any atom is -0.292 e. The van der Waals surface area contributed by atoms with Crippen LogP contribution in [0.25, 0.3) is 0 Å². The zero-order valence-electron chi connectivity index (χ0n) is 10.4.